The molecule has 4 heteroatoms. The maximum absolute atomic E-state index is 11.8. The third-order valence-corrected chi connectivity index (χ3v) is 2.94. The molecule has 0 bridgehead atoms. The lowest BCUT2D eigenvalue weighted by Crippen LogP contribution is -2.49. The molecule has 1 aliphatic rings. The predicted molar refractivity (Wildman–Crippen MR) is 59.2 cm³/mol. The number of nitrogens with two attached hydrogens (primary N) is 1. The van der Waals surface area contributed by atoms with Gasteiger partial charge < -0.3 is 16.2 Å². The highest BCUT2D eigenvalue weighted by atomic mass is 16.3. The molecule has 1 amide bonds. The second kappa shape index (κ2) is 4.94. The van der Waals surface area contributed by atoms with Crippen LogP contribution in [0.5, 0.6) is 0 Å². The molecule has 1 rings (SSSR count). The maximum atomic E-state index is 11.8. The maximum Gasteiger partial charge on any atom is 0.223 e. The van der Waals surface area contributed by atoms with E-state index in [0.29, 0.717) is 0 Å². The Kier molecular flexibility index (Phi) is 4.11. The van der Waals surface area contributed by atoms with Crippen LogP contribution in [0.1, 0.15) is 39.5 Å². The fourth-order valence-electron chi connectivity index (χ4n) is 1.94. The van der Waals surface area contributed by atoms with Gasteiger partial charge in [-0.25, -0.2) is 0 Å². The van der Waals surface area contributed by atoms with Gasteiger partial charge in [0.15, 0.2) is 0 Å². The molecule has 0 heterocycles. The summed E-state index contributed by atoms with van der Waals surface area (Å²) in [6.45, 7) is 3.58. The molecule has 0 aliphatic heterocycles. The first-order chi connectivity index (χ1) is 6.94. The Morgan fingerprint density at radius 3 is 2.73 bits per heavy atom. The van der Waals surface area contributed by atoms with Gasteiger partial charge >= 0.3 is 0 Å². The van der Waals surface area contributed by atoms with Crippen LogP contribution in [-0.4, -0.2) is 29.2 Å². The van der Waals surface area contributed by atoms with E-state index >= 15 is 0 Å². The van der Waals surface area contributed by atoms with Crippen molar-refractivity contribution < 1.29 is 9.90 Å². The van der Waals surface area contributed by atoms with E-state index in [1.807, 2.05) is 13.8 Å². The van der Waals surface area contributed by atoms with E-state index in [4.69, 9.17) is 10.8 Å². The molecule has 15 heavy (non-hydrogen) atoms. The monoisotopic (exact) mass is 214 g/mol. The molecule has 2 unspecified atom stereocenters. The summed E-state index contributed by atoms with van der Waals surface area (Å²) >= 11 is 0. The Bertz CT molecular complexity index is 229. The van der Waals surface area contributed by atoms with Crippen molar-refractivity contribution in [3.63, 3.8) is 0 Å². The highest BCUT2D eigenvalue weighted by Gasteiger charge is 2.28. The number of aliphatic hydroxyl groups is 1. The molecule has 0 spiro atoms. The van der Waals surface area contributed by atoms with Gasteiger partial charge in [0.1, 0.15) is 0 Å². The predicted octanol–water partition coefficient (Wildman–Crippen LogP) is 0.391. The van der Waals surface area contributed by atoms with Crippen LogP contribution in [-0.2, 0) is 4.79 Å². The molecule has 1 aliphatic carbocycles. The third-order valence-electron chi connectivity index (χ3n) is 2.94. The first kappa shape index (κ1) is 12.5. The van der Waals surface area contributed by atoms with Gasteiger partial charge in [-0.2, -0.15) is 0 Å². The molecule has 1 saturated carbocycles. The standard InChI is InChI=1S/C11H22N2O2/c1-11(2,7-14)13-10(15)8-4-3-5-9(12)6-8/h8-9,14H,3-7,12H2,1-2H3,(H,13,15). The van der Waals surface area contributed by atoms with Crippen LogP contribution in [0.4, 0.5) is 0 Å². The van der Waals surface area contributed by atoms with E-state index < -0.39 is 5.54 Å². The Hall–Kier alpha value is -0.610. The molecule has 88 valence electrons. The molecule has 0 aromatic carbocycles. The molecule has 4 nitrogen and oxygen atoms in total. The molecule has 0 aromatic rings. The highest BCUT2D eigenvalue weighted by molar-refractivity contribution is 5.79. The van der Waals surface area contributed by atoms with E-state index in [-0.39, 0.29) is 24.5 Å². The van der Waals surface area contributed by atoms with E-state index in [2.05, 4.69) is 5.32 Å². The van der Waals surface area contributed by atoms with Gasteiger partial charge in [0.25, 0.3) is 0 Å². The van der Waals surface area contributed by atoms with Gasteiger partial charge in [0, 0.05) is 12.0 Å². The second-order valence-electron chi connectivity index (χ2n) is 5.15. The average molecular weight is 214 g/mol. The van der Waals surface area contributed by atoms with Crippen LogP contribution >= 0.6 is 0 Å². The number of nitrogens with one attached hydrogen (secondary N) is 1. The number of carbonyl (C=O) groups excluding carboxylic acids is 1. The minimum Gasteiger partial charge on any atom is -0.394 e. The summed E-state index contributed by atoms with van der Waals surface area (Å²) < 4.78 is 0. The van der Waals surface area contributed by atoms with Gasteiger partial charge in [0.2, 0.25) is 5.91 Å². The summed E-state index contributed by atoms with van der Waals surface area (Å²) in [4.78, 5) is 11.8. The van der Waals surface area contributed by atoms with E-state index in [9.17, 15) is 4.79 Å². The van der Waals surface area contributed by atoms with Crippen molar-refractivity contribution in [2.24, 2.45) is 11.7 Å². The Morgan fingerprint density at radius 2 is 2.20 bits per heavy atom. The molecular weight excluding hydrogens is 192 g/mol. The Labute approximate surface area is 91.2 Å². The van der Waals surface area contributed by atoms with E-state index in [1.165, 1.54) is 0 Å². The number of aliphatic hydroxyl groups excluding tert-OH is 1. The Balaban J connectivity index is 2.46. The zero-order valence-electron chi connectivity index (χ0n) is 9.62. The van der Waals surface area contributed by atoms with Crippen molar-refractivity contribution in [1.29, 1.82) is 0 Å². The van der Waals surface area contributed by atoms with Crippen molar-refractivity contribution in [3.8, 4) is 0 Å². The summed E-state index contributed by atoms with van der Waals surface area (Å²) in [5.41, 5.74) is 5.30. The quantitative estimate of drug-likeness (QED) is 0.636. The molecule has 2 atom stereocenters. The van der Waals surface area contributed by atoms with E-state index in [1.54, 1.807) is 0 Å². The third kappa shape index (κ3) is 3.80. The van der Waals surface area contributed by atoms with Gasteiger partial charge in [-0.05, 0) is 33.1 Å². The van der Waals surface area contributed by atoms with Crippen LogP contribution in [0, 0.1) is 5.92 Å². The minimum atomic E-state index is -0.529. The van der Waals surface area contributed by atoms with Crippen molar-refractivity contribution >= 4 is 5.91 Å². The molecule has 4 N–H and O–H groups in total. The number of amides is 1. The molecule has 0 saturated heterocycles. The molecule has 1 fully saturated rings. The van der Waals surface area contributed by atoms with Crippen LogP contribution in [0.25, 0.3) is 0 Å². The number of rotatable bonds is 3. The summed E-state index contributed by atoms with van der Waals surface area (Å²) in [6.07, 6.45) is 3.74. The molecular formula is C11H22N2O2. The zero-order valence-corrected chi connectivity index (χ0v) is 9.62. The fraction of sp³-hybridized carbons (Fsp3) is 0.909. The molecule has 0 aromatic heterocycles. The number of hydrogen-bond acceptors (Lipinski definition) is 3. The lowest BCUT2D eigenvalue weighted by atomic mass is 9.85. The van der Waals surface area contributed by atoms with E-state index in [0.717, 1.165) is 25.7 Å². The minimum absolute atomic E-state index is 0.0274. The first-order valence-corrected chi connectivity index (χ1v) is 5.63. The van der Waals surface area contributed by atoms with Crippen LogP contribution in [0.15, 0.2) is 0 Å². The first-order valence-electron chi connectivity index (χ1n) is 5.63. The largest absolute Gasteiger partial charge is 0.394 e. The van der Waals surface area contributed by atoms with Crippen molar-refractivity contribution in [2.75, 3.05) is 6.61 Å². The smallest absolute Gasteiger partial charge is 0.223 e. The fourth-order valence-corrected chi connectivity index (χ4v) is 1.94. The lowest BCUT2D eigenvalue weighted by molar-refractivity contribution is -0.128. The van der Waals surface area contributed by atoms with Crippen molar-refractivity contribution in [3.05, 3.63) is 0 Å². The van der Waals surface area contributed by atoms with Crippen LogP contribution in [0.3, 0.4) is 0 Å². The van der Waals surface area contributed by atoms with Gasteiger partial charge in [-0.15, -0.1) is 0 Å². The highest BCUT2D eigenvalue weighted by Crippen LogP contribution is 2.23. The Morgan fingerprint density at radius 1 is 1.53 bits per heavy atom. The average Bonchev–Trinajstić information content (AvgIpc) is 2.17. The molecule has 0 radical (unpaired) electrons. The summed E-state index contributed by atoms with van der Waals surface area (Å²) in [5.74, 6) is 0.0591. The van der Waals surface area contributed by atoms with Gasteiger partial charge in [0.05, 0.1) is 12.1 Å². The van der Waals surface area contributed by atoms with Gasteiger partial charge in [-0.3, -0.25) is 4.79 Å². The second-order valence-corrected chi connectivity index (χ2v) is 5.15. The van der Waals surface area contributed by atoms with Crippen LogP contribution in [0.2, 0.25) is 0 Å². The summed E-state index contributed by atoms with van der Waals surface area (Å²) in [7, 11) is 0. The lowest BCUT2D eigenvalue weighted by Gasteiger charge is -2.30. The topological polar surface area (TPSA) is 75.3 Å². The zero-order chi connectivity index (χ0) is 11.5. The van der Waals surface area contributed by atoms with Gasteiger partial charge in [-0.1, -0.05) is 6.42 Å². The van der Waals surface area contributed by atoms with Crippen molar-refractivity contribution in [1.82, 2.24) is 5.32 Å². The SMILES string of the molecule is CC(C)(CO)NC(=O)C1CCCC(N)C1. The summed E-state index contributed by atoms with van der Waals surface area (Å²) in [5, 5.41) is 11.9. The summed E-state index contributed by atoms with van der Waals surface area (Å²) in [6, 6.07) is 0.159. The normalized spacial score (nSPS) is 27.5. The van der Waals surface area contributed by atoms with Crippen LogP contribution < -0.4 is 11.1 Å². The number of carbonyl (C=O) groups is 1. The van der Waals surface area contributed by atoms with Crippen molar-refractivity contribution in [2.45, 2.75) is 51.1 Å². The number of hydrogen-bond donors (Lipinski definition) is 3.